The molecule has 0 aromatic heterocycles. The number of nitrogens with one attached hydrogen (secondary N) is 2. The van der Waals surface area contributed by atoms with Gasteiger partial charge in [0.2, 0.25) is 0 Å². The maximum atomic E-state index is 11.8. The van der Waals surface area contributed by atoms with Crippen molar-refractivity contribution >= 4 is 23.8 Å². The van der Waals surface area contributed by atoms with Gasteiger partial charge in [0.25, 0.3) is 0 Å². The Morgan fingerprint density at radius 1 is 1.29 bits per heavy atom. The average Bonchev–Trinajstić information content (AvgIpc) is 3.27. The highest BCUT2D eigenvalue weighted by Gasteiger charge is 2.41. The molecular formula is C15H20N2O3S. The third-order valence-corrected chi connectivity index (χ3v) is 5.20. The van der Waals surface area contributed by atoms with Crippen molar-refractivity contribution in [2.75, 3.05) is 19.3 Å². The first-order valence-electron chi connectivity index (χ1n) is 6.91. The van der Waals surface area contributed by atoms with E-state index in [9.17, 15) is 14.7 Å². The highest BCUT2D eigenvalue weighted by molar-refractivity contribution is 8.00. The molecule has 2 amide bonds. The van der Waals surface area contributed by atoms with Crippen molar-refractivity contribution in [3.63, 3.8) is 0 Å². The van der Waals surface area contributed by atoms with Crippen LogP contribution in [0, 0.1) is 0 Å². The summed E-state index contributed by atoms with van der Waals surface area (Å²) in [4.78, 5) is 23.1. The number of benzene rings is 1. The first-order chi connectivity index (χ1) is 10.1. The molecule has 21 heavy (non-hydrogen) atoms. The van der Waals surface area contributed by atoms with Crippen LogP contribution in [-0.2, 0) is 4.79 Å². The molecule has 0 saturated heterocycles. The fourth-order valence-corrected chi connectivity index (χ4v) is 2.85. The minimum Gasteiger partial charge on any atom is -0.481 e. The molecule has 2 rings (SSSR count). The van der Waals surface area contributed by atoms with Gasteiger partial charge in [0, 0.05) is 17.8 Å². The van der Waals surface area contributed by atoms with Crippen molar-refractivity contribution in [2.24, 2.45) is 0 Å². The van der Waals surface area contributed by atoms with Gasteiger partial charge in [-0.05, 0) is 24.7 Å². The van der Waals surface area contributed by atoms with Crippen LogP contribution in [0.1, 0.15) is 24.3 Å². The zero-order valence-corrected chi connectivity index (χ0v) is 12.8. The van der Waals surface area contributed by atoms with E-state index >= 15 is 0 Å². The minimum atomic E-state index is -0.940. The molecule has 1 saturated carbocycles. The molecule has 0 radical (unpaired) electrons. The monoisotopic (exact) mass is 308 g/mol. The molecule has 0 heterocycles. The van der Waals surface area contributed by atoms with Gasteiger partial charge in [-0.1, -0.05) is 30.3 Å². The number of urea groups is 1. The van der Waals surface area contributed by atoms with Crippen LogP contribution in [0.25, 0.3) is 0 Å². The molecule has 0 bridgehead atoms. The van der Waals surface area contributed by atoms with Gasteiger partial charge >= 0.3 is 12.0 Å². The summed E-state index contributed by atoms with van der Waals surface area (Å²) >= 11 is 1.77. The average molecular weight is 308 g/mol. The van der Waals surface area contributed by atoms with Crippen molar-refractivity contribution in [3.05, 3.63) is 35.9 Å². The lowest BCUT2D eigenvalue weighted by atomic mass is 9.99. The van der Waals surface area contributed by atoms with Gasteiger partial charge in [0.1, 0.15) is 0 Å². The molecule has 1 aromatic carbocycles. The predicted molar refractivity (Wildman–Crippen MR) is 83.7 cm³/mol. The van der Waals surface area contributed by atoms with Crippen molar-refractivity contribution in [1.29, 1.82) is 0 Å². The standard InChI is InChI=1S/C15H20N2O3S/c1-21-15(7-8-15)10-17-14(20)16-9-12(13(18)19)11-5-3-2-4-6-11/h2-6,12H,7-10H2,1H3,(H,18,19)(H2,16,17,20). The van der Waals surface area contributed by atoms with Gasteiger partial charge in [0.05, 0.1) is 5.92 Å². The number of carboxylic acid groups (broad SMARTS) is 1. The Morgan fingerprint density at radius 3 is 2.48 bits per heavy atom. The fourth-order valence-electron chi connectivity index (χ4n) is 2.12. The molecule has 5 nitrogen and oxygen atoms in total. The highest BCUT2D eigenvalue weighted by Crippen LogP contribution is 2.46. The van der Waals surface area contributed by atoms with Crippen LogP contribution in [0.5, 0.6) is 0 Å². The van der Waals surface area contributed by atoms with Crippen LogP contribution in [0.4, 0.5) is 4.79 Å². The van der Waals surface area contributed by atoms with Crippen LogP contribution in [0.2, 0.25) is 0 Å². The zero-order valence-electron chi connectivity index (χ0n) is 12.0. The SMILES string of the molecule is CSC1(CNC(=O)NCC(C(=O)O)c2ccccc2)CC1. The maximum absolute atomic E-state index is 11.8. The Labute approximate surface area is 128 Å². The summed E-state index contributed by atoms with van der Waals surface area (Å²) in [6.45, 7) is 0.709. The number of hydrogen-bond donors (Lipinski definition) is 3. The molecule has 3 N–H and O–H groups in total. The second-order valence-electron chi connectivity index (χ2n) is 5.25. The lowest BCUT2D eigenvalue weighted by Gasteiger charge is -2.16. The minimum absolute atomic E-state index is 0.0808. The first kappa shape index (κ1) is 15.7. The third-order valence-electron chi connectivity index (χ3n) is 3.78. The van der Waals surface area contributed by atoms with Crippen LogP contribution in [0.3, 0.4) is 0 Å². The smallest absolute Gasteiger partial charge is 0.314 e. The van der Waals surface area contributed by atoms with Gasteiger partial charge < -0.3 is 15.7 Å². The molecule has 0 aliphatic heterocycles. The lowest BCUT2D eigenvalue weighted by molar-refractivity contribution is -0.138. The van der Waals surface area contributed by atoms with E-state index in [-0.39, 0.29) is 17.3 Å². The summed E-state index contributed by atoms with van der Waals surface area (Å²) in [7, 11) is 0. The molecule has 1 unspecified atom stereocenters. The van der Waals surface area contributed by atoms with E-state index < -0.39 is 11.9 Å². The number of hydrogen-bond acceptors (Lipinski definition) is 3. The summed E-state index contributed by atoms with van der Waals surface area (Å²) in [5, 5.41) is 14.7. The largest absolute Gasteiger partial charge is 0.481 e. The Kier molecular flexibility index (Phi) is 5.12. The summed E-state index contributed by atoms with van der Waals surface area (Å²) in [6.07, 6.45) is 4.29. The van der Waals surface area contributed by atoms with Gasteiger partial charge in [-0.3, -0.25) is 4.79 Å². The molecule has 1 aliphatic carbocycles. The number of aliphatic carboxylic acids is 1. The Bertz CT molecular complexity index is 503. The number of rotatable bonds is 7. The molecule has 114 valence electrons. The van der Waals surface area contributed by atoms with Crippen molar-refractivity contribution in [2.45, 2.75) is 23.5 Å². The normalized spacial score (nSPS) is 16.8. The third kappa shape index (κ3) is 4.39. The summed E-state index contributed by atoms with van der Waals surface area (Å²) < 4.78 is 0.197. The summed E-state index contributed by atoms with van der Waals surface area (Å²) in [5.74, 6) is -1.67. The molecule has 1 atom stereocenters. The van der Waals surface area contributed by atoms with E-state index in [1.165, 1.54) is 0 Å². The van der Waals surface area contributed by atoms with Gasteiger partial charge in [-0.2, -0.15) is 11.8 Å². The van der Waals surface area contributed by atoms with Crippen molar-refractivity contribution < 1.29 is 14.7 Å². The van der Waals surface area contributed by atoms with Crippen LogP contribution in [-0.4, -0.2) is 41.2 Å². The lowest BCUT2D eigenvalue weighted by Crippen LogP contribution is -2.42. The number of carbonyl (C=O) groups is 2. The highest BCUT2D eigenvalue weighted by atomic mass is 32.2. The van der Waals surface area contributed by atoms with Crippen LogP contribution < -0.4 is 10.6 Å². The number of carbonyl (C=O) groups excluding carboxylic acids is 1. The topological polar surface area (TPSA) is 78.4 Å². The fraction of sp³-hybridized carbons (Fsp3) is 0.467. The van der Waals surface area contributed by atoms with Gasteiger partial charge in [-0.25, -0.2) is 4.79 Å². The van der Waals surface area contributed by atoms with E-state index in [4.69, 9.17) is 0 Å². The van der Waals surface area contributed by atoms with Gasteiger partial charge in [-0.15, -0.1) is 0 Å². The second kappa shape index (κ2) is 6.85. The van der Waals surface area contributed by atoms with Crippen molar-refractivity contribution in [1.82, 2.24) is 10.6 Å². The molecule has 6 heteroatoms. The molecule has 1 aliphatic rings. The molecular weight excluding hydrogens is 288 g/mol. The second-order valence-corrected chi connectivity index (χ2v) is 6.53. The van der Waals surface area contributed by atoms with Crippen LogP contribution >= 0.6 is 11.8 Å². The Morgan fingerprint density at radius 2 is 1.95 bits per heavy atom. The summed E-state index contributed by atoms with van der Waals surface area (Å²) in [6, 6.07) is 8.62. The Balaban J connectivity index is 1.82. The predicted octanol–water partition coefficient (Wildman–Crippen LogP) is 2.05. The van der Waals surface area contributed by atoms with E-state index in [2.05, 4.69) is 10.6 Å². The number of thioether (sulfide) groups is 1. The van der Waals surface area contributed by atoms with Gasteiger partial charge in [0.15, 0.2) is 0 Å². The number of amides is 2. The molecule has 1 fully saturated rings. The quantitative estimate of drug-likeness (QED) is 0.720. The maximum Gasteiger partial charge on any atom is 0.314 e. The van der Waals surface area contributed by atoms with E-state index in [1.54, 1.807) is 36.0 Å². The van der Waals surface area contributed by atoms with E-state index in [1.807, 2.05) is 12.3 Å². The van der Waals surface area contributed by atoms with E-state index in [0.29, 0.717) is 12.1 Å². The molecule has 0 spiro atoms. The van der Waals surface area contributed by atoms with E-state index in [0.717, 1.165) is 12.8 Å². The van der Waals surface area contributed by atoms with Crippen LogP contribution in [0.15, 0.2) is 30.3 Å². The molecule has 1 aromatic rings. The number of carboxylic acids is 1. The first-order valence-corrected chi connectivity index (χ1v) is 8.13. The zero-order chi connectivity index (χ0) is 15.3. The Hall–Kier alpha value is -1.69. The summed E-state index contributed by atoms with van der Waals surface area (Å²) in [5.41, 5.74) is 0.688. The van der Waals surface area contributed by atoms with Crippen molar-refractivity contribution in [3.8, 4) is 0 Å².